The summed E-state index contributed by atoms with van der Waals surface area (Å²) in [4.78, 5) is 26.2. The average molecular weight is 399 g/mol. The number of likely N-dealkylation sites (tertiary alicyclic amines) is 1. The van der Waals surface area contributed by atoms with Crippen molar-refractivity contribution in [2.75, 3.05) is 13.1 Å². The number of imide groups is 1. The molecular weight excluding hydrogens is 383 g/mol. The molecule has 0 aromatic heterocycles. The Morgan fingerprint density at radius 2 is 1.62 bits per heavy atom. The standard InChI is InChI=1S/C17H16ClFN2O4S/c18-14-7-11(5-6-15(14)19)26(24,25)20-8-10(9-20)21-16(22)12-3-1-2-4-13(12)17(21)23/h1-2,5-7,10,12-13H,3-4,8-9H2/t12-,13-/m1/s1. The van der Waals surface area contributed by atoms with Crippen LogP contribution in [-0.4, -0.2) is 48.6 Å². The lowest BCUT2D eigenvalue weighted by Gasteiger charge is -2.42. The number of benzene rings is 1. The van der Waals surface area contributed by atoms with Gasteiger partial charge in [-0.2, -0.15) is 4.31 Å². The first-order valence-corrected chi connectivity index (χ1v) is 10.1. The first kappa shape index (κ1) is 17.6. The number of hydrogen-bond donors (Lipinski definition) is 0. The second-order valence-electron chi connectivity index (χ2n) is 6.75. The number of allylic oxidation sites excluding steroid dienone is 2. The summed E-state index contributed by atoms with van der Waals surface area (Å²) in [5.74, 6) is -1.77. The Morgan fingerprint density at radius 1 is 1.04 bits per heavy atom. The summed E-state index contributed by atoms with van der Waals surface area (Å²) in [5, 5.41) is -0.273. The fourth-order valence-electron chi connectivity index (χ4n) is 3.75. The molecule has 0 unspecified atom stereocenters. The minimum Gasteiger partial charge on any atom is -0.276 e. The molecule has 4 rings (SSSR count). The highest BCUT2D eigenvalue weighted by Gasteiger charge is 2.53. The lowest BCUT2D eigenvalue weighted by Crippen LogP contribution is -2.62. The molecule has 138 valence electrons. The van der Waals surface area contributed by atoms with Crippen molar-refractivity contribution in [3.05, 3.63) is 41.2 Å². The van der Waals surface area contributed by atoms with Gasteiger partial charge in [-0.25, -0.2) is 12.8 Å². The van der Waals surface area contributed by atoms with E-state index in [0.29, 0.717) is 12.8 Å². The highest BCUT2D eigenvalue weighted by molar-refractivity contribution is 7.89. The molecule has 6 nitrogen and oxygen atoms in total. The lowest BCUT2D eigenvalue weighted by molar-refractivity contribution is -0.145. The summed E-state index contributed by atoms with van der Waals surface area (Å²) in [7, 11) is -3.84. The van der Waals surface area contributed by atoms with Crippen molar-refractivity contribution in [2.45, 2.75) is 23.8 Å². The molecule has 1 aromatic carbocycles. The van der Waals surface area contributed by atoms with Crippen LogP contribution in [0.4, 0.5) is 4.39 Å². The maximum absolute atomic E-state index is 13.3. The molecule has 2 amide bonds. The Morgan fingerprint density at radius 3 is 2.15 bits per heavy atom. The van der Waals surface area contributed by atoms with Gasteiger partial charge >= 0.3 is 0 Å². The fraction of sp³-hybridized carbons (Fsp3) is 0.412. The minimum atomic E-state index is -3.84. The highest BCUT2D eigenvalue weighted by atomic mass is 35.5. The predicted octanol–water partition coefficient (Wildman–Crippen LogP) is 1.80. The van der Waals surface area contributed by atoms with Crippen LogP contribution in [0.2, 0.25) is 5.02 Å². The van der Waals surface area contributed by atoms with Gasteiger partial charge in [0.15, 0.2) is 0 Å². The van der Waals surface area contributed by atoms with E-state index in [1.54, 1.807) is 0 Å². The van der Waals surface area contributed by atoms with Crippen molar-refractivity contribution < 1.29 is 22.4 Å². The first-order chi connectivity index (χ1) is 12.3. The zero-order valence-electron chi connectivity index (χ0n) is 13.6. The van der Waals surface area contributed by atoms with Crippen LogP contribution in [0.5, 0.6) is 0 Å². The zero-order valence-corrected chi connectivity index (χ0v) is 15.2. The molecule has 1 aliphatic carbocycles. The molecule has 0 spiro atoms. The maximum atomic E-state index is 13.3. The molecule has 2 fully saturated rings. The predicted molar refractivity (Wildman–Crippen MR) is 91.2 cm³/mol. The maximum Gasteiger partial charge on any atom is 0.243 e. The molecule has 2 atom stereocenters. The summed E-state index contributed by atoms with van der Waals surface area (Å²) < 4.78 is 39.6. The van der Waals surface area contributed by atoms with Gasteiger partial charge in [-0.15, -0.1) is 0 Å². The van der Waals surface area contributed by atoms with Gasteiger partial charge in [0.05, 0.1) is 27.8 Å². The molecule has 2 saturated heterocycles. The van der Waals surface area contributed by atoms with Crippen molar-refractivity contribution in [3.63, 3.8) is 0 Å². The number of sulfonamides is 1. The second-order valence-corrected chi connectivity index (χ2v) is 9.10. The van der Waals surface area contributed by atoms with Crippen LogP contribution in [0, 0.1) is 17.7 Å². The number of rotatable bonds is 3. The van der Waals surface area contributed by atoms with Gasteiger partial charge < -0.3 is 0 Å². The summed E-state index contributed by atoms with van der Waals surface area (Å²) >= 11 is 5.66. The fourth-order valence-corrected chi connectivity index (χ4v) is 5.54. The van der Waals surface area contributed by atoms with Gasteiger partial charge in [0.25, 0.3) is 0 Å². The van der Waals surface area contributed by atoms with E-state index in [2.05, 4.69) is 0 Å². The van der Waals surface area contributed by atoms with Gasteiger partial charge in [-0.05, 0) is 31.0 Å². The Balaban J connectivity index is 1.49. The zero-order chi connectivity index (χ0) is 18.6. The third kappa shape index (κ3) is 2.59. The van der Waals surface area contributed by atoms with Crippen LogP contribution in [0.15, 0.2) is 35.2 Å². The van der Waals surface area contributed by atoms with E-state index in [1.807, 2.05) is 12.2 Å². The Hall–Kier alpha value is -1.77. The van der Waals surface area contributed by atoms with Crippen molar-refractivity contribution in [1.82, 2.24) is 9.21 Å². The topological polar surface area (TPSA) is 74.8 Å². The molecule has 0 bridgehead atoms. The number of nitrogens with zero attached hydrogens (tertiary/aromatic N) is 2. The van der Waals surface area contributed by atoms with Gasteiger partial charge in [-0.1, -0.05) is 23.8 Å². The van der Waals surface area contributed by atoms with E-state index in [0.717, 1.165) is 18.2 Å². The Kier molecular flexibility index (Phi) is 4.17. The summed E-state index contributed by atoms with van der Waals surface area (Å²) in [6.07, 6.45) is 4.92. The molecule has 2 heterocycles. The van der Waals surface area contributed by atoms with Crippen LogP contribution < -0.4 is 0 Å². The summed E-state index contributed by atoms with van der Waals surface area (Å²) in [6, 6.07) is 2.76. The SMILES string of the molecule is O=C1[C@@H]2CC=CC[C@H]2C(=O)N1C1CN(S(=O)(=O)c2ccc(F)c(Cl)c2)C1. The number of hydrogen-bond acceptors (Lipinski definition) is 4. The van der Waals surface area contributed by atoms with Crippen molar-refractivity contribution in [1.29, 1.82) is 0 Å². The molecule has 0 N–H and O–H groups in total. The third-order valence-electron chi connectivity index (χ3n) is 5.26. The third-order valence-corrected chi connectivity index (χ3v) is 7.38. The van der Waals surface area contributed by atoms with Gasteiger partial charge in [-0.3, -0.25) is 14.5 Å². The Labute approximate surface area is 155 Å². The van der Waals surface area contributed by atoms with Crippen LogP contribution in [0.25, 0.3) is 0 Å². The smallest absolute Gasteiger partial charge is 0.243 e. The number of carbonyl (C=O) groups is 2. The van der Waals surface area contributed by atoms with Gasteiger partial charge in [0, 0.05) is 13.1 Å². The monoisotopic (exact) mass is 398 g/mol. The molecule has 9 heteroatoms. The number of amides is 2. The largest absolute Gasteiger partial charge is 0.276 e. The van der Waals surface area contributed by atoms with Gasteiger partial charge in [0.2, 0.25) is 21.8 Å². The van der Waals surface area contributed by atoms with E-state index < -0.39 is 21.9 Å². The van der Waals surface area contributed by atoms with E-state index in [-0.39, 0.29) is 46.7 Å². The number of halogens is 2. The molecule has 3 aliphatic rings. The summed E-state index contributed by atoms with van der Waals surface area (Å²) in [6.45, 7) is 0.0867. The van der Waals surface area contributed by atoms with Gasteiger partial charge in [0.1, 0.15) is 5.82 Å². The van der Waals surface area contributed by atoms with Crippen LogP contribution in [-0.2, 0) is 19.6 Å². The molecule has 0 radical (unpaired) electrons. The van der Waals surface area contributed by atoms with Crippen molar-refractivity contribution in [3.8, 4) is 0 Å². The molecule has 2 aliphatic heterocycles. The van der Waals surface area contributed by atoms with Crippen LogP contribution >= 0.6 is 11.6 Å². The van der Waals surface area contributed by atoms with E-state index in [1.165, 1.54) is 9.21 Å². The molecule has 0 saturated carbocycles. The average Bonchev–Trinajstić information content (AvgIpc) is 2.81. The number of carbonyl (C=O) groups excluding carboxylic acids is 2. The van der Waals surface area contributed by atoms with E-state index in [9.17, 15) is 22.4 Å². The quantitative estimate of drug-likeness (QED) is 0.575. The normalized spacial score (nSPS) is 26.9. The highest BCUT2D eigenvalue weighted by Crippen LogP contribution is 2.38. The summed E-state index contributed by atoms with van der Waals surface area (Å²) in [5.41, 5.74) is 0. The van der Waals surface area contributed by atoms with Crippen molar-refractivity contribution >= 4 is 33.4 Å². The minimum absolute atomic E-state index is 0.0433. The first-order valence-electron chi connectivity index (χ1n) is 8.28. The lowest BCUT2D eigenvalue weighted by atomic mass is 9.85. The van der Waals surface area contributed by atoms with E-state index in [4.69, 9.17) is 11.6 Å². The number of fused-ring (bicyclic) bond motifs is 1. The van der Waals surface area contributed by atoms with Crippen molar-refractivity contribution in [2.24, 2.45) is 11.8 Å². The Bertz CT molecular complexity index is 901. The molecule has 1 aromatic rings. The molecule has 26 heavy (non-hydrogen) atoms. The second kappa shape index (κ2) is 6.14. The van der Waals surface area contributed by atoms with E-state index >= 15 is 0 Å². The van der Waals surface area contributed by atoms with Crippen LogP contribution in [0.3, 0.4) is 0 Å². The van der Waals surface area contributed by atoms with Crippen LogP contribution in [0.1, 0.15) is 12.8 Å². The molecular formula is C17H16ClFN2O4S.